The van der Waals surface area contributed by atoms with Gasteiger partial charge in [0.05, 0.1) is 0 Å². The molecule has 1 heteroatoms. The summed E-state index contributed by atoms with van der Waals surface area (Å²) in [7, 11) is 0. The van der Waals surface area contributed by atoms with Crippen LogP contribution in [-0.4, -0.2) is 6.04 Å². The van der Waals surface area contributed by atoms with Crippen LogP contribution in [0.4, 0.5) is 0 Å². The van der Waals surface area contributed by atoms with E-state index < -0.39 is 0 Å². The van der Waals surface area contributed by atoms with Crippen molar-refractivity contribution in [3.8, 4) is 0 Å². The summed E-state index contributed by atoms with van der Waals surface area (Å²) in [5.41, 5.74) is 10.2. The molecule has 0 bridgehead atoms. The molecule has 0 amide bonds. The third-order valence-corrected chi connectivity index (χ3v) is 8.92. The zero-order valence-corrected chi connectivity index (χ0v) is 20.7. The molecule has 29 heavy (non-hydrogen) atoms. The predicted molar refractivity (Wildman–Crippen MR) is 130 cm³/mol. The zero-order valence-electron chi connectivity index (χ0n) is 20.7. The molecule has 2 N–H and O–H groups in total. The molecule has 0 saturated heterocycles. The average Bonchev–Trinajstić information content (AvgIpc) is 2.74. The topological polar surface area (TPSA) is 26.0 Å². The Morgan fingerprint density at radius 1 is 1.00 bits per heavy atom. The Kier molecular flexibility index (Phi) is 9.99. The maximum atomic E-state index is 6.95. The maximum absolute atomic E-state index is 6.95. The smallest absolute Gasteiger partial charge is 0.0130 e. The van der Waals surface area contributed by atoms with Gasteiger partial charge >= 0.3 is 0 Å². The lowest BCUT2D eigenvalue weighted by atomic mass is 9.69. The van der Waals surface area contributed by atoms with Gasteiger partial charge in [0.25, 0.3) is 0 Å². The molecule has 0 fully saturated rings. The van der Waals surface area contributed by atoms with Crippen LogP contribution < -0.4 is 5.73 Å². The lowest BCUT2D eigenvalue weighted by Crippen LogP contribution is -2.39. The highest BCUT2D eigenvalue weighted by Crippen LogP contribution is 2.41. The largest absolute Gasteiger partial charge is 0.327 e. The Morgan fingerprint density at radius 3 is 2.21 bits per heavy atom. The summed E-state index contributed by atoms with van der Waals surface area (Å²) in [5, 5.41) is 0. The van der Waals surface area contributed by atoms with Gasteiger partial charge in [0, 0.05) is 6.04 Å². The average molecular weight is 402 g/mol. The van der Waals surface area contributed by atoms with Gasteiger partial charge in [0.15, 0.2) is 0 Å². The minimum Gasteiger partial charge on any atom is -0.327 e. The molecule has 0 heterocycles. The second kappa shape index (κ2) is 11.7. The Bertz CT molecular complexity index is 543. The van der Waals surface area contributed by atoms with Gasteiger partial charge < -0.3 is 5.73 Å². The van der Waals surface area contributed by atoms with Crippen LogP contribution in [0, 0.1) is 41.4 Å². The molecule has 0 aromatic rings. The fraction of sp³-hybridized carbons (Fsp3) is 0.857. The van der Waals surface area contributed by atoms with E-state index in [1.165, 1.54) is 57.8 Å². The molecule has 0 aliphatic heterocycles. The van der Waals surface area contributed by atoms with E-state index >= 15 is 0 Å². The van der Waals surface area contributed by atoms with Crippen LogP contribution in [0.25, 0.3) is 0 Å². The molecule has 2 aliphatic carbocycles. The minimum atomic E-state index is 0.318. The van der Waals surface area contributed by atoms with Gasteiger partial charge in [-0.25, -0.2) is 0 Å². The second-order valence-corrected chi connectivity index (χ2v) is 10.8. The van der Waals surface area contributed by atoms with E-state index in [1.54, 1.807) is 11.1 Å². The van der Waals surface area contributed by atoms with Crippen LogP contribution in [0.2, 0.25) is 0 Å². The van der Waals surface area contributed by atoms with Crippen molar-refractivity contribution in [3.63, 3.8) is 0 Å². The van der Waals surface area contributed by atoms with Crippen molar-refractivity contribution in [1.29, 1.82) is 0 Å². The Labute approximate surface area is 183 Å². The highest BCUT2D eigenvalue weighted by Gasteiger charge is 2.32. The monoisotopic (exact) mass is 401 g/mol. The van der Waals surface area contributed by atoms with Crippen molar-refractivity contribution < 1.29 is 0 Å². The lowest BCUT2D eigenvalue weighted by Gasteiger charge is -2.38. The van der Waals surface area contributed by atoms with Crippen LogP contribution >= 0.6 is 0 Å². The molecule has 1 nitrogen and oxygen atoms in total. The van der Waals surface area contributed by atoms with Crippen LogP contribution in [0.5, 0.6) is 0 Å². The molecule has 168 valence electrons. The van der Waals surface area contributed by atoms with E-state index in [0.717, 1.165) is 29.6 Å². The zero-order chi connectivity index (χ0) is 21.6. The SMILES string of the molecule is CC[C@@H]1C[C@H]([C@@H](CC)C[C@@H](CC)C(N)C(C)C2=CCC(C(C)C)CC2)CC=C1C. The first kappa shape index (κ1) is 24.7. The van der Waals surface area contributed by atoms with Crippen molar-refractivity contribution in [1.82, 2.24) is 0 Å². The fourth-order valence-corrected chi connectivity index (χ4v) is 6.25. The number of allylic oxidation sites excluding steroid dienone is 3. The van der Waals surface area contributed by atoms with E-state index in [-0.39, 0.29) is 0 Å². The third kappa shape index (κ3) is 6.46. The summed E-state index contributed by atoms with van der Waals surface area (Å²) in [6, 6.07) is 0.318. The number of hydrogen-bond acceptors (Lipinski definition) is 1. The summed E-state index contributed by atoms with van der Waals surface area (Å²) >= 11 is 0. The normalized spacial score (nSPS) is 29.8. The summed E-state index contributed by atoms with van der Waals surface area (Å²) in [5.74, 6) is 5.41. The van der Waals surface area contributed by atoms with E-state index in [1.807, 2.05) is 0 Å². The molecule has 0 aromatic carbocycles. The second-order valence-electron chi connectivity index (χ2n) is 10.8. The summed E-state index contributed by atoms with van der Waals surface area (Å²) in [4.78, 5) is 0. The quantitative estimate of drug-likeness (QED) is 0.367. The summed E-state index contributed by atoms with van der Waals surface area (Å²) in [6.07, 6.45) is 16.9. The molecule has 0 spiro atoms. The van der Waals surface area contributed by atoms with Gasteiger partial charge in [0.2, 0.25) is 0 Å². The van der Waals surface area contributed by atoms with Gasteiger partial charge in [-0.2, -0.15) is 0 Å². The highest BCUT2D eigenvalue weighted by molar-refractivity contribution is 5.13. The van der Waals surface area contributed by atoms with E-state index in [2.05, 4.69) is 60.6 Å². The van der Waals surface area contributed by atoms with Gasteiger partial charge in [-0.15, -0.1) is 0 Å². The fourth-order valence-electron chi connectivity index (χ4n) is 6.25. The van der Waals surface area contributed by atoms with Gasteiger partial charge in [-0.3, -0.25) is 0 Å². The molecule has 0 aromatic heterocycles. The molecule has 3 unspecified atom stereocenters. The minimum absolute atomic E-state index is 0.318. The van der Waals surface area contributed by atoms with Crippen LogP contribution in [0.15, 0.2) is 23.3 Å². The first-order valence-electron chi connectivity index (χ1n) is 12.9. The first-order chi connectivity index (χ1) is 13.8. The Morgan fingerprint density at radius 2 is 1.69 bits per heavy atom. The van der Waals surface area contributed by atoms with Crippen molar-refractivity contribution in [2.45, 2.75) is 112 Å². The standard InChI is InChI=1S/C28H51N/c1-8-22-17-27(12-11-20(22)6)23(9-2)18-24(10-3)28(29)21(7)26-15-13-25(14-16-26)19(4)5/h11,15,19,21-25,27-28H,8-10,12-14,16-18,29H2,1-7H3/t21?,22-,23+,24-,25?,27-,28?/m1/s1. The number of hydrogen-bond donors (Lipinski definition) is 1. The lowest BCUT2D eigenvalue weighted by molar-refractivity contribution is 0.189. The van der Waals surface area contributed by atoms with Crippen molar-refractivity contribution in [3.05, 3.63) is 23.3 Å². The van der Waals surface area contributed by atoms with Gasteiger partial charge in [0.1, 0.15) is 0 Å². The van der Waals surface area contributed by atoms with Gasteiger partial charge in [-0.1, -0.05) is 77.7 Å². The predicted octanol–water partition coefficient (Wildman–Crippen LogP) is 8.16. The Balaban J connectivity index is 2.00. The van der Waals surface area contributed by atoms with E-state index in [9.17, 15) is 0 Å². The maximum Gasteiger partial charge on any atom is 0.0130 e. The molecule has 0 radical (unpaired) electrons. The Hall–Kier alpha value is -0.560. The van der Waals surface area contributed by atoms with Crippen LogP contribution in [0.1, 0.15) is 106 Å². The van der Waals surface area contributed by atoms with Crippen molar-refractivity contribution in [2.75, 3.05) is 0 Å². The molecular weight excluding hydrogens is 350 g/mol. The summed E-state index contributed by atoms with van der Waals surface area (Å²) < 4.78 is 0. The van der Waals surface area contributed by atoms with Crippen molar-refractivity contribution >= 4 is 0 Å². The van der Waals surface area contributed by atoms with Crippen LogP contribution in [0.3, 0.4) is 0 Å². The molecule has 7 atom stereocenters. The number of nitrogens with two attached hydrogens (primary N) is 1. The van der Waals surface area contributed by atoms with Gasteiger partial charge in [-0.05, 0) is 93.3 Å². The van der Waals surface area contributed by atoms with Crippen molar-refractivity contribution in [2.24, 2.45) is 47.2 Å². The molecule has 0 saturated carbocycles. The molecule has 2 aliphatic rings. The first-order valence-corrected chi connectivity index (χ1v) is 12.9. The molecule has 2 rings (SSSR count). The number of rotatable bonds is 10. The summed E-state index contributed by atoms with van der Waals surface area (Å²) in [6.45, 7) is 16.7. The molecular formula is C28H51N. The van der Waals surface area contributed by atoms with E-state index in [0.29, 0.717) is 17.9 Å². The van der Waals surface area contributed by atoms with Crippen LogP contribution in [-0.2, 0) is 0 Å². The van der Waals surface area contributed by atoms with E-state index in [4.69, 9.17) is 5.73 Å². The third-order valence-electron chi connectivity index (χ3n) is 8.92. The highest BCUT2D eigenvalue weighted by atomic mass is 14.7.